The van der Waals surface area contributed by atoms with E-state index in [1.54, 1.807) is 26.8 Å². The molecule has 0 saturated heterocycles. The predicted octanol–water partition coefficient (Wildman–Crippen LogP) is 4.07. The van der Waals surface area contributed by atoms with Crippen LogP contribution in [-0.4, -0.2) is 28.0 Å². The number of alkyl carbamates (subject to hydrolysis) is 1. The fourth-order valence-corrected chi connectivity index (χ4v) is 1.96. The SMILES string of the molecule is CC(C)(C)OC(=O)NCc1cc(-c2ccc(OC(F)(F)F)cc2)ncn1. The van der Waals surface area contributed by atoms with Gasteiger partial charge in [0.05, 0.1) is 17.9 Å². The molecule has 0 atom stereocenters. The van der Waals surface area contributed by atoms with Gasteiger partial charge in [-0.1, -0.05) is 0 Å². The van der Waals surface area contributed by atoms with E-state index in [9.17, 15) is 18.0 Å². The molecular formula is C17H18F3N3O3. The highest BCUT2D eigenvalue weighted by atomic mass is 19.4. The van der Waals surface area contributed by atoms with Gasteiger partial charge in [-0.3, -0.25) is 0 Å². The minimum Gasteiger partial charge on any atom is -0.444 e. The van der Waals surface area contributed by atoms with Crippen LogP contribution in [0.1, 0.15) is 26.5 Å². The van der Waals surface area contributed by atoms with Crippen molar-refractivity contribution < 1.29 is 27.4 Å². The van der Waals surface area contributed by atoms with Crippen LogP contribution in [0.2, 0.25) is 0 Å². The first-order valence-electron chi connectivity index (χ1n) is 7.66. The zero-order chi connectivity index (χ0) is 19.4. The van der Waals surface area contributed by atoms with E-state index in [0.29, 0.717) is 17.0 Å². The first-order chi connectivity index (χ1) is 12.0. The molecule has 0 fully saturated rings. The maximum atomic E-state index is 12.2. The number of halogens is 3. The molecule has 1 N–H and O–H groups in total. The number of nitrogens with zero attached hydrogens (tertiary/aromatic N) is 2. The predicted molar refractivity (Wildman–Crippen MR) is 87.2 cm³/mol. The lowest BCUT2D eigenvalue weighted by atomic mass is 10.1. The summed E-state index contributed by atoms with van der Waals surface area (Å²) < 4.78 is 45.5. The first-order valence-corrected chi connectivity index (χ1v) is 7.66. The molecule has 0 aliphatic rings. The van der Waals surface area contributed by atoms with Crippen molar-refractivity contribution in [1.82, 2.24) is 15.3 Å². The molecule has 2 aromatic rings. The van der Waals surface area contributed by atoms with Crippen molar-refractivity contribution in [3.05, 3.63) is 42.4 Å². The van der Waals surface area contributed by atoms with E-state index in [0.717, 1.165) is 0 Å². The van der Waals surface area contributed by atoms with Crippen molar-refractivity contribution in [2.75, 3.05) is 0 Å². The van der Waals surface area contributed by atoms with Crippen molar-refractivity contribution >= 4 is 6.09 Å². The molecule has 2 rings (SSSR count). The van der Waals surface area contributed by atoms with Gasteiger partial charge in [-0.25, -0.2) is 14.8 Å². The fraction of sp³-hybridized carbons (Fsp3) is 0.353. The summed E-state index contributed by atoms with van der Waals surface area (Å²) in [4.78, 5) is 19.8. The standard InChI is InChI=1S/C17H18F3N3O3/c1-16(2,3)26-15(24)21-9-12-8-14(23-10-22-12)11-4-6-13(7-5-11)25-17(18,19)20/h4-8,10H,9H2,1-3H3,(H,21,24). The van der Waals surface area contributed by atoms with Gasteiger partial charge in [0.2, 0.25) is 0 Å². The second-order valence-corrected chi connectivity index (χ2v) is 6.32. The van der Waals surface area contributed by atoms with Crippen LogP contribution in [0.3, 0.4) is 0 Å². The minimum atomic E-state index is -4.74. The molecule has 6 nitrogen and oxygen atoms in total. The van der Waals surface area contributed by atoms with Gasteiger partial charge in [-0.05, 0) is 51.1 Å². The number of hydrogen-bond acceptors (Lipinski definition) is 5. The molecule has 0 bridgehead atoms. The molecule has 0 spiro atoms. The lowest BCUT2D eigenvalue weighted by molar-refractivity contribution is -0.274. The summed E-state index contributed by atoms with van der Waals surface area (Å²) in [5.74, 6) is -0.317. The summed E-state index contributed by atoms with van der Waals surface area (Å²) in [5.41, 5.74) is 0.998. The Morgan fingerprint density at radius 2 is 1.77 bits per heavy atom. The van der Waals surface area contributed by atoms with E-state index in [-0.39, 0.29) is 12.3 Å². The molecule has 1 aromatic carbocycles. The third-order valence-corrected chi connectivity index (χ3v) is 2.92. The number of nitrogens with one attached hydrogen (secondary N) is 1. The van der Waals surface area contributed by atoms with Crippen molar-refractivity contribution in [3.63, 3.8) is 0 Å². The van der Waals surface area contributed by atoms with E-state index in [1.165, 1.54) is 30.6 Å². The average Bonchev–Trinajstić information content (AvgIpc) is 2.51. The van der Waals surface area contributed by atoms with Crippen molar-refractivity contribution in [3.8, 4) is 17.0 Å². The number of benzene rings is 1. The lowest BCUT2D eigenvalue weighted by Gasteiger charge is -2.19. The zero-order valence-electron chi connectivity index (χ0n) is 14.4. The van der Waals surface area contributed by atoms with Crippen LogP contribution in [0.4, 0.5) is 18.0 Å². The summed E-state index contributed by atoms with van der Waals surface area (Å²) in [5, 5.41) is 2.57. The van der Waals surface area contributed by atoms with Crippen molar-refractivity contribution in [2.45, 2.75) is 39.3 Å². The van der Waals surface area contributed by atoms with Crippen molar-refractivity contribution in [1.29, 1.82) is 0 Å². The Morgan fingerprint density at radius 1 is 1.12 bits per heavy atom. The number of alkyl halides is 3. The number of aromatic nitrogens is 2. The highest BCUT2D eigenvalue weighted by Crippen LogP contribution is 2.25. The normalized spacial score (nSPS) is 11.8. The third-order valence-electron chi connectivity index (χ3n) is 2.92. The number of rotatable bonds is 4. The van der Waals surface area contributed by atoms with Crippen LogP contribution in [-0.2, 0) is 11.3 Å². The van der Waals surface area contributed by atoms with Gasteiger partial charge in [0, 0.05) is 5.56 Å². The molecule has 26 heavy (non-hydrogen) atoms. The molecule has 0 aliphatic carbocycles. The largest absolute Gasteiger partial charge is 0.573 e. The van der Waals surface area contributed by atoms with Gasteiger partial charge in [-0.2, -0.15) is 0 Å². The molecule has 0 saturated carbocycles. The quantitative estimate of drug-likeness (QED) is 0.880. The summed E-state index contributed by atoms with van der Waals surface area (Å²) >= 11 is 0. The maximum absolute atomic E-state index is 12.2. The lowest BCUT2D eigenvalue weighted by Crippen LogP contribution is -2.32. The second kappa shape index (κ2) is 7.59. The summed E-state index contributed by atoms with van der Waals surface area (Å²) in [6, 6.07) is 6.92. The number of hydrogen-bond donors (Lipinski definition) is 1. The summed E-state index contributed by atoms with van der Waals surface area (Å²) in [6.45, 7) is 5.38. The molecule has 1 amide bonds. The zero-order valence-corrected chi connectivity index (χ0v) is 14.4. The number of ether oxygens (including phenoxy) is 2. The smallest absolute Gasteiger partial charge is 0.444 e. The van der Waals surface area contributed by atoms with Gasteiger partial charge in [-0.15, -0.1) is 13.2 Å². The Morgan fingerprint density at radius 3 is 2.35 bits per heavy atom. The molecular weight excluding hydrogens is 351 g/mol. The summed E-state index contributed by atoms with van der Waals surface area (Å²) in [6.07, 6.45) is -4.01. The van der Waals surface area contributed by atoms with Crippen LogP contribution < -0.4 is 10.1 Å². The maximum Gasteiger partial charge on any atom is 0.573 e. The van der Waals surface area contributed by atoms with Gasteiger partial charge in [0.1, 0.15) is 17.7 Å². The third kappa shape index (κ3) is 6.58. The van der Waals surface area contributed by atoms with Gasteiger partial charge in [0.25, 0.3) is 0 Å². The fourth-order valence-electron chi connectivity index (χ4n) is 1.96. The van der Waals surface area contributed by atoms with Gasteiger partial charge < -0.3 is 14.8 Å². The van der Waals surface area contributed by atoms with Crippen LogP contribution in [0.5, 0.6) is 5.75 Å². The Labute approximate surface area is 148 Å². The topological polar surface area (TPSA) is 73.3 Å². The number of amides is 1. The minimum absolute atomic E-state index is 0.125. The van der Waals surface area contributed by atoms with Gasteiger partial charge in [0.15, 0.2) is 0 Å². The molecule has 1 aromatic heterocycles. The van der Waals surface area contributed by atoms with E-state index >= 15 is 0 Å². The van der Waals surface area contributed by atoms with Crippen LogP contribution >= 0.6 is 0 Å². The van der Waals surface area contributed by atoms with Crippen LogP contribution in [0.25, 0.3) is 11.3 Å². The second-order valence-electron chi connectivity index (χ2n) is 6.32. The molecule has 0 radical (unpaired) electrons. The Bertz CT molecular complexity index is 756. The molecule has 0 unspecified atom stereocenters. The molecule has 9 heteroatoms. The highest BCUT2D eigenvalue weighted by Gasteiger charge is 2.31. The first kappa shape index (κ1) is 19.5. The summed E-state index contributed by atoms with van der Waals surface area (Å²) in [7, 11) is 0. The average molecular weight is 369 g/mol. The monoisotopic (exact) mass is 369 g/mol. The van der Waals surface area contributed by atoms with E-state index < -0.39 is 18.1 Å². The van der Waals surface area contributed by atoms with E-state index in [4.69, 9.17) is 4.74 Å². The molecule has 0 aliphatic heterocycles. The molecule has 1 heterocycles. The Balaban J connectivity index is 2.03. The molecule has 140 valence electrons. The van der Waals surface area contributed by atoms with E-state index in [1.807, 2.05) is 0 Å². The van der Waals surface area contributed by atoms with Crippen LogP contribution in [0, 0.1) is 0 Å². The van der Waals surface area contributed by atoms with Gasteiger partial charge >= 0.3 is 12.5 Å². The number of carbonyl (C=O) groups is 1. The van der Waals surface area contributed by atoms with Crippen molar-refractivity contribution in [2.24, 2.45) is 0 Å². The highest BCUT2D eigenvalue weighted by molar-refractivity contribution is 5.67. The number of carbonyl (C=O) groups excluding carboxylic acids is 1. The van der Waals surface area contributed by atoms with Crippen LogP contribution in [0.15, 0.2) is 36.7 Å². The Kier molecular flexibility index (Phi) is 5.69. The van der Waals surface area contributed by atoms with E-state index in [2.05, 4.69) is 20.0 Å². The Hall–Kier alpha value is -2.84.